The van der Waals surface area contributed by atoms with Crippen LogP contribution in [0, 0.1) is 0 Å². The standard InChI is InChI=1S/C9H16O6/c1-2-5-13-4(3-10)7-8(14-5)6(11)9(12)15-7/h4-12H,2-3H2,1H3. The Labute approximate surface area is 87.4 Å². The molecule has 0 spiro atoms. The van der Waals surface area contributed by atoms with Crippen LogP contribution in [0.25, 0.3) is 0 Å². The number of hydrogen-bond donors (Lipinski definition) is 3. The van der Waals surface area contributed by atoms with E-state index in [0.717, 1.165) is 0 Å². The molecule has 0 amide bonds. The van der Waals surface area contributed by atoms with E-state index in [-0.39, 0.29) is 6.61 Å². The highest BCUT2D eigenvalue weighted by Gasteiger charge is 2.51. The van der Waals surface area contributed by atoms with Crippen molar-refractivity contribution in [3.63, 3.8) is 0 Å². The van der Waals surface area contributed by atoms with Gasteiger partial charge in [-0.05, 0) is 6.42 Å². The van der Waals surface area contributed by atoms with Gasteiger partial charge in [-0.3, -0.25) is 0 Å². The van der Waals surface area contributed by atoms with E-state index in [1.807, 2.05) is 6.92 Å². The Morgan fingerprint density at radius 3 is 2.40 bits per heavy atom. The molecule has 2 aliphatic heterocycles. The number of fused-ring (bicyclic) bond motifs is 1. The van der Waals surface area contributed by atoms with E-state index in [4.69, 9.17) is 19.3 Å². The Morgan fingerprint density at radius 2 is 1.80 bits per heavy atom. The topological polar surface area (TPSA) is 88.4 Å². The number of aliphatic hydroxyl groups excluding tert-OH is 3. The quantitative estimate of drug-likeness (QED) is 0.529. The van der Waals surface area contributed by atoms with E-state index in [2.05, 4.69) is 0 Å². The molecule has 0 aromatic heterocycles. The van der Waals surface area contributed by atoms with Crippen molar-refractivity contribution in [2.75, 3.05) is 6.61 Å². The minimum Gasteiger partial charge on any atom is -0.394 e. The molecule has 2 saturated heterocycles. The molecular formula is C9H16O6. The summed E-state index contributed by atoms with van der Waals surface area (Å²) in [7, 11) is 0. The molecule has 2 fully saturated rings. The van der Waals surface area contributed by atoms with Crippen molar-refractivity contribution in [3.05, 3.63) is 0 Å². The lowest BCUT2D eigenvalue weighted by atomic mass is 10.0. The Balaban J connectivity index is 2.11. The largest absolute Gasteiger partial charge is 0.394 e. The fourth-order valence-electron chi connectivity index (χ4n) is 1.95. The van der Waals surface area contributed by atoms with Crippen molar-refractivity contribution < 1.29 is 29.5 Å². The third-order valence-corrected chi connectivity index (χ3v) is 2.76. The van der Waals surface area contributed by atoms with Gasteiger partial charge in [0, 0.05) is 0 Å². The van der Waals surface area contributed by atoms with Crippen molar-refractivity contribution >= 4 is 0 Å². The maximum absolute atomic E-state index is 9.58. The van der Waals surface area contributed by atoms with Gasteiger partial charge in [-0.1, -0.05) is 6.92 Å². The van der Waals surface area contributed by atoms with Crippen LogP contribution in [-0.4, -0.2) is 58.9 Å². The number of rotatable bonds is 2. The van der Waals surface area contributed by atoms with Crippen LogP contribution in [0.1, 0.15) is 13.3 Å². The molecule has 0 aromatic carbocycles. The van der Waals surface area contributed by atoms with Gasteiger partial charge in [-0.25, -0.2) is 0 Å². The summed E-state index contributed by atoms with van der Waals surface area (Å²) >= 11 is 0. The van der Waals surface area contributed by atoms with Crippen molar-refractivity contribution in [1.29, 1.82) is 0 Å². The lowest BCUT2D eigenvalue weighted by molar-refractivity contribution is -0.286. The Morgan fingerprint density at radius 1 is 1.07 bits per heavy atom. The third kappa shape index (κ3) is 1.89. The second kappa shape index (κ2) is 4.32. The number of aliphatic hydroxyl groups is 3. The highest BCUT2D eigenvalue weighted by atomic mass is 16.7. The second-order valence-corrected chi connectivity index (χ2v) is 3.78. The molecule has 0 bridgehead atoms. The van der Waals surface area contributed by atoms with Gasteiger partial charge in [-0.2, -0.15) is 0 Å². The summed E-state index contributed by atoms with van der Waals surface area (Å²) in [6.45, 7) is 1.65. The maximum Gasteiger partial charge on any atom is 0.184 e. The lowest BCUT2D eigenvalue weighted by Gasteiger charge is -2.37. The number of hydrogen-bond acceptors (Lipinski definition) is 6. The Hall–Kier alpha value is -0.240. The molecule has 2 rings (SSSR count). The van der Waals surface area contributed by atoms with Crippen molar-refractivity contribution in [2.45, 2.75) is 50.3 Å². The van der Waals surface area contributed by atoms with Gasteiger partial charge in [0.25, 0.3) is 0 Å². The van der Waals surface area contributed by atoms with Crippen LogP contribution in [-0.2, 0) is 14.2 Å². The molecule has 0 saturated carbocycles. The van der Waals surface area contributed by atoms with Gasteiger partial charge >= 0.3 is 0 Å². The summed E-state index contributed by atoms with van der Waals surface area (Å²) in [5.74, 6) is 0. The van der Waals surface area contributed by atoms with E-state index in [9.17, 15) is 10.2 Å². The monoisotopic (exact) mass is 220 g/mol. The SMILES string of the molecule is CCC1OC(CO)C2OC(O)C(O)C2O1. The first-order chi connectivity index (χ1) is 7.17. The molecule has 88 valence electrons. The highest BCUT2D eigenvalue weighted by Crippen LogP contribution is 2.32. The lowest BCUT2D eigenvalue weighted by Crippen LogP contribution is -2.52. The molecule has 6 nitrogen and oxygen atoms in total. The van der Waals surface area contributed by atoms with E-state index in [0.29, 0.717) is 6.42 Å². The molecule has 3 N–H and O–H groups in total. The Bertz CT molecular complexity index is 223. The van der Waals surface area contributed by atoms with Crippen LogP contribution in [0.4, 0.5) is 0 Å². The van der Waals surface area contributed by atoms with Gasteiger partial charge in [0.15, 0.2) is 12.6 Å². The zero-order valence-corrected chi connectivity index (χ0v) is 8.44. The molecule has 0 aromatic rings. The Kier molecular flexibility index (Phi) is 3.24. The zero-order valence-electron chi connectivity index (χ0n) is 8.44. The zero-order chi connectivity index (χ0) is 11.0. The normalized spacial score (nSPS) is 50.4. The highest BCUT2D eigenvalue weighted by molar-refractivity contribution is 4.94. The summed E-state index contributed by atoms with van der Waals surface area (Å²) in [5, 5.41) is 28.0. The predicted molar refractivity (Wildman–Crippen MR) is 47.8 cm³/mol. The summed E-state index contributed by atoms with van der Waals surface area (Å²) < 4.78 is 15.9. The molecule has 6 heteroatoms. The fourth-order valence-corrected chi connectivity index (χ4v) is 1.95. The van der Waals surface area contributed by atoms with Gasteiger partial charge in [0.1, 0.15) is 24.4 Å². The second-order valence-electron chi connectivity index (χ2n) is 3.78. The first-order valence-corrected chi connectivity index (χ1v) is 5.10. The summed E-state index contributed by atoms with van der Waals surface area (Å²) in [5.41, 5.74) is 0. The minimum atomic E-state index is -1.27. The number of ether oxygens (including phenoxy) is 3. The molecule has 15 heavy (non-hydrogen) atoms. The van der Waals surface area contributed by atoms with Crippen molar-refractivity contribution in [3.8, 4) is 0 Å². The molecule has 6 unspecified atom stereocenters. The summed E-state index contributed by atoms with van der Waals surface area (Å²) in [6.07, 6.45) is -4.00. The van der Waals surface area contributed by atoms with Crippen LogP contribution in [0.5, 0.6) is 0 Å². The van der Waals surface area contributed by atoms with Gasteiger partial charge in [-0.15, -0.1) is 0 Å². The summed E-state index contributed by atoms with van der Waals surface area (Å²) in [6, 6.07) is 0. The van der Waals surface area contributed by atoms with E-state index >= 15 is 0 Å². The molecule has 6 atom stereocenters. The van der Waals surface area contributed by atoms with E-state index < -0.39 is 37.0 Å². The predicted octanol–water partition coefficient (Wildman–Crippen LogP) is -1.42. The first kappa shape index (κ1) is 11.3. The van der Waals surface area contributed by atoms with Gasteiger partial charge in [0.2, 0.25) is 0 Å². The van der Waals surface area contributed by atoms with E-state index in [1.54, 1.807) is 0 Å². The average Bonchev–Trinajstić information content (AvgIpc) is 2.54. The molecule has 0 radical (unpaired) electrons. The van der Waals surface area contributed by atoms with Crippen LogP contribution in [0.3, 0.4) is 0 Å². The van der Waals surface area contributed by atoms with Gasteiger partial charge < -0.3 is 29.5 Å². The van der Waals surface area contributed by atoms with Gasteiger partial charge in [0.05, 0.1) is 6.61 Å². The van der Waals surface area contributed by atoms with E-state index in [1.165, 1.54) is 0 Å². The average molecular weight is 220 g/mol. The molecule has 0 aliphatic carbocycles. The fraction of sp³-hybridized carbons (Fsp3) is 1.00. The third-order valence-electron chi connectivity index (χ3n) is 2.76. The first-order valence-electron chi connectivity index (χ1n) is 5.10. The van der Waals surface area contributed by atoms with Crippen LogP contribution in [0.2, 0.25) is 0 Å². The summed E-state index contributed by atoms with van der Waals surface area (Å²) in [4.78, 5) is 0. The molecule has 2 heterocycles. The van der Waals surface area contributed by atoms with Crippen molar-refractivity contribution in [1.82, 2.24) is 0 Å². The minimum absolute atomic E-state index is 0.222. The smallest absolute Gasteiger partial charge is 0.184 e. The molecular weight excluding hydrogens is 204 g/mol. The van der Waals surface area contributed by atoms with Crippen molar-refractivity contribution in [2.24, 2.45) is 0 Å². The van der Waals surface area contributed by atoms with Crippen LogP contribution >= 0.6 is 0 Å². The van der Waals surface area contributed by atoms with Crippen LogP contribution in [0.15, 0.2) is 0 Å². The maximum atomic E-state index is 9.58. The van der Waals surface area contributed by atoms with Crippen LogP contribution < -0.4 is 0 Å². The molecule has 2 aliphatic rings.